The van der Waals surface area contributed by atoms with Crippen LogP contribution < -0.4 is 5.32 Å². The molecule has 0 heterocycles. The molecule has 0 bridgehead atoms. The number of halogens is 4. The van der Waals surface area contributed by atoms with E-state index in [1.165, 1.54) is 0 Å². The lowest BCUT2D eigenvalue weighted by Gasteiger charge is -2.06. The van der Waals surface area contributed by atoms with Gasteiger partial charge in [0.25, 0.3) is 0 Å². The van der Waals surface area contributed by atoms with Gasteiger partial charge in [0.2, 0.25) is 0 Å². The Morgan fingerprint density at radius 3 is 2.29 bits per heavy atom. The molecule has 78 valence electrons. The molecule has 1 N–H and O–H groups in total. The van der Waals surface area contributed by atoms with Crippen molar-refractivity contribution < 1.29 is 17.6 Å². The predicted octanol–water partition coefficient (Wildman–Crippen LogP) is 2.88. The molecule has 1 nitrogen and oxygen atoms in total. The van der Waals surface area contributed by atoms with E-state index in [1.807, 2.05) is 0 Å². The van der Waals surface area contributed by atoms with Crippen molar-refractivity contribution in [2.45, 2.75) is 6.42 Å². The molecule has 0 amide bonds. The van der Waals surface area contributed by atoms with Gasteiger partial charge in [0.15, 0.2) is 11.6 Å². The molecule has 0 unspecified atom stereocenters. The highest BCUT2D eigenvalue weighted by Crippen LogP contribution is 2.18. The van der Waals surface area contributed by atoms with Gasteiger partial charge >= 0.3 is 0 Å². The first kappa shape index (κ1) is 10.8. The van der Waals surface area contributed by atoms with Gasteiger partial charge < -0.3 is 5.32 Å². The van der Waals surface area contributed by atoms with Crippen molar-refractivity contribution in [1.29, 1.82) is 0 Å². The summed E-state index contributed by atoms with van der Waals surface area (Å²) in [6.45, 7) is -0.364. The van der Waals surface area contributed by atoms with E-state index in [4.69, 9.17) is 0 Å². The number of alkyl halides is 1. The Balaban J connectivity index is 2.72. The molecule has 0 aromatic heterocycles. The fraction of sp³-hybridized carbons (Fsp3) is 0.333. The highest BCUT2D eigenvalue weighted by atomic mass is 19.2. The molecule has 0 aliphatic carbocycles. The van der Waals surface area contributed by atoms with E-state index in [0.29, 0.717) is 12.1 Å². The third kappa shape index (κ3) is 2.61. The Hall–Kier alpha value is -1.26. The standard InChI is InChI=1S/C9H9F4N/c10-2-1-3-14-9-5-7(12)6(11)4-8(9)13/h4-5,14H,1-3H2. The third-order valence-corrected chi connectivity index (χ3v) is 1.64. The van der Waals surface area contributed by atoms with Gasteiger partial charge in [-0.1, -0.05) is 0 Å². The number of benzene rings is 1. The highest BCUT2D eigenvalue weighted by molar-refractivity contribution is 5.45. The number of rotatable bonds is 4. The van der Waals surface area contributed by atoms with Gasteiger partial charge in [0, 0.05) is 18.7 Å². The van der Waals surface area contributed by atoms with Crippen molar-refractivity contribution in [3.8, 4) is 0 Å². The van der Waals surface area contributed by atoms with Crippen LogP contribution in [0, 0.1) is 17.5 Å². The van der Waals surface area contributed by atoms with Crippen molar-refractivity contribution in [2.75, 3.05) is 18.5 Å². The first-order chi connectivity index (χ1) is 6.65. The fourth-order valence-corrected chi connectivity index (χ4v) is 0.948. The lowest BCUT2D eigenvalue weighted by atomic mass is 10.2. The summed E-state index contributed by atoms with van der Waals surface area (Å²) in [4.78, 5) is 0. The van der Waals surface area contributed by atoms with Crippen LogP contribution in [0.15, 0.2) is 12.1 Å². The molecule has 0 atom stereocenters. The normalized spacial score (nSPS) is 10.3. The lowest BCUT2D eigenvalue weighted by Crippen LogP contribution is -2.05. The van der Waals surface area contributed by atoms with Gasteiger partial charge in [-0.05, 0) is 6.42 Å². The van der Waals surface area contributed by atoms with Crippen LogP contribution in [0.1, 0.15) is 6.42 Å². The van der Waals surface area contributed by atoms with Gasteiger partial charge in [-0.2, -0.15) is 0 Å². The first-order valence-corrected chi connectivity index (χ1v) is 4.09. The van der Waals surface area contributed by atoms with Crippen LogP contribution in [0.25, 0.3) is 0 Å². The minimum atomic E-state index is -1.24. The Morgan fingerprint density at radius 2 is 1.64 bits per heavy atom. The maximum absolute atomic E-state index is 12.9. The van der Waals surface area contributed by atoms with E-state index in [2.05, 4.69) is 5.32 Å². The molecule has 5 heteroatoms. The van der Waals surface area contributed by atoms with Gasteiger partial charge in [0.05, 0.1) is 12.4 Å². The molecular formula is C9H9F4N. The smallest absolute Gasteiger partial charge is 0.161 e. The average molecular weight is 207 g/mol. The van der Waals surface area contributed by atoms with Gasteiger partial charge in [-0.25, -0.2) is 13.2 Å². The molecule has 0 aliphatic rings. The van der Waals surface area contributed by atoms with E-state index in [-0.39, 0.29) is 18.7 Å². The fourth-order valence-electron chi connectivity index (χ4n) is 0.948. The largest absolute Gasteiger partial charge is 0.382 e. The summed E-state index contributed by atoms with van der Waals surface area (Å²) in [7, 11) is 0. The van der Waals surface area contributed by atoms with Crippen LogP contribution in [-0.4, -0.2) is 13.2 Å². The predicted molar refractivity (Wildman–Crippen MR) is 45.4 cm³/mol. The van der Waals surface area contributed by atoms with Crippen molar-refractivity contribution in [1.82, 2.24) is 0 Å². The summed E-state index contributed by atoms with van der Waals surface area (Å²) < 4.78 is 49.6. The maximum atomic E-state index is 12.9. The third-order valence-electron chi connectivity index (χ3n) is 1.64. The maximum Gasteiger partial charge on any atom is 0.161 e. The molecule has 0 saturated carbocycles. The second-order valence-electron chi connectivity index (χ2n) is 2.72. The van der Waals surface area contributed by atoms with E-state index in [1.54, 1.807) is 0 Å². The summed E-state index contributed by atoms with van der Waals surface area (Å²) in [5, 5.41) is 2.46. The van der Waals surface area contributed by atoms with Crippen LogP contribution >= 0.6 is 0 Å². The van der Waals surface area contributed by atoms with Crippen LogP contribution in [-0.2, 0) is 0 Å². The molecule has 1 aromatic rings. The molecule has 0 fully saturated rings. The Bertz CT molecular complexity index is 314. The van der Waals surface area contributed by atoms with Crippen LogP contribution in [0.3, 0.4) is 0 Å². The zero-order valence-corrected chi connectivity index (χ0v) is 7.29. The first-order valence-electron chi connectivity index (χ1n) is 4.09. The zero-order valence-electron chi connectivity index (χ0n) is 7.29. The van der Waals surface area contributed by atoms with Gasteiger partial charge in [-0.3, -0.25) is 4.39 Å². The number of anilines is 1. The molecule has 14 heavy (non-hydrogen) atoms. The number of nitrogens with one attached hydrogen (secondary N) is 1. The van der Waals surface area contributed by atoms with E-state index in [9.17, 15) is 17.6 Å². The van der Waals surface area contributed by atoms with Gasteiger partial charge in [0.1, 0.15) is 5.82 Å². The molecule has 1 rings (SSSR count). The van der Waals surface area contributed by atoms with Gasteiger partial charge in [-0.15, -0.1) is 0 Å². The molecule has 0 radical (unpaired) electrons. The molecule has 0 aliphatic heterocycles. The highest BCUT2D eigenvalue weighted by Gasteiger charge is 2.08. The average Bonchev–Trinajstić information content (AvgIpc) is 2.14. The lowest BCUT2D eigenvalue weighted by molar-refractivity contribution is 0.479. The van der Waals surface area contributed by atoms with Crippen LogP contribution in [0.4, 0.5) is 23.2 Å². The van der Waals surface area contributed by atoms with Crippen molar-refractivity contribution >= 4 is 5.69 Å². The van der Waals surface area contributed by atoms with Crippen molar-refractivity contribution in [3.63, 3.8) is 0 Å². The number of hydrogen-bond acceptors (Lipinski definition) is 1. The quantitative estimate of drug-likeness (QED) is 0.454. The van der Waals surface area contributed by atoms with E-state index < -0.39 is 24.1 Å². The topological polar surface area (TPSA) is 12.0 Å². The summed E-state index contributed by atoms with van der Waals surface area (Å²) in [5.41, 5.74) is -0.155. The minimum absolute atomic E-state index is 0.155. The summed E-state index contributed by atoms with van der Waals surface area (Å²) in [5.74, 6) is -3.25. The Labute approximate surface area is 78.7 Å². The Morgan fingerprint density at radius 1 is 1.00 bits per heavy atom. The summed E-state index contributed by atoms with van der Waals surface area (Å²) >= 11 is 0. The summed E-state index contributed by atoms with van der Waals surface area (Å²) in [6, 6.07) is 1.16. The van der Waals surface area contributed by atoms with E-state index >= 15 is 0 Å². The number of hydrogen-bond donors (Lipinski definition) is 1. The zero-order chi connectivity index (χ0) is 10.6. The molecule has 1 aromatic carbocycles. The summed E-state index contributed by atoms with van der Waals surface area (Å²) in [6.07, 6.45) is 0.193. The molecular weight excluding hydrogens is 198 g/mol. The van der Waals surface area contributed by atoms with Crippen LogP contribution in [0.5, 0.6) is 0 Å². The monoisotopic (exact) mass is 207 g/mol. The SMILES string of the molecule is FCCCNc1cc(F)c(F)cc1F. The Kier molecular flexibility index (Phi) is 3.73. The minimum Gasteiger partial charge on any atom is -0.382 e. The van der Waals surface area contributed by atoms with Crippen LogP contribution in [0.2, 0.25) is 0 Å². The van der Waals surface area contributed by atoms with E-state index in [0.717, 1.165) is 0 Å². The van der Waals surface area contributed by atoms with Crippen molar-refractivity contribution in [3.05, 3.63) is 29.6 Å². The second-order valence-corrected chi connectivity index (χ2v) is 2.72. The second kappa shape index (κ2) is 4.83. The molecule has 0 spiro atoms. The van der Waals surface area contributed by atoms with Crippen molar-refractivity contribution in [2.24, 2.45) is 0 Å². The molecule has 0 saturated heterocycles.